The van der Waals surface area contributed by atoms with Crippen LogP contribution in [-0.4, -0.2) is 28.1 Å². The van der Waals surface area contributed by atoms with Gasteiger partial charge in [-0.1, -0.05) is 11.6 Å². The molecule has 2 heterocycles. The van der Waals surface area contributed by atoms with E-state index >= 15 is 0 Å². The number of nitrogens with one attached hydrogen (secondary N) is 1. The molecule has 1 aliphatic rings. The normalized spacial score (nSPS) is 12.8. The average Bonchev–Trinajstić information content (AvgIpc) is 2.47. The summed E-state index contributed by atoms with van der Waals surface area (Å²) < 4.78 is 10.8. The summed E-state index contributed by atoms with van der Waals surface area (Å²) in [4.78, 5) is 17.8. The van der Waals surface area contributed by atoms with Gasteiger partial charge >= 0.3 is 5.69 Å². The lowest BCUT2D eigenvalue weighted by atomic mass is 10.2. The third kappa shape index (κ3) is 2.65. The number of hydrogen-bond donors (Lipinski definition) is 1. The fourth-order valence-electron chi connectivity index (χ4n) is 1.87. The summed E-state index contributed by atoms with van der Waals surface area (Å²) in [6.45, 7) is 0.947. The number of nitro groups is 1. The first-order chi connectivity index (χ1) is 10.1. The Morgan fingerprint density at radius 3 is 2.76 bits per heavy atom. The third-order valence-corrected chi connectivity index (χ3v) is 3.04. The lowest BCUT2D eigenvalue weighted by Gasteiger charge is -2.19. The molecule has 0 amide bonds. The van der Waals surface area contributed by atoms with Gasteiger partial charge in [0.1, 0.15) is 19.5 Å². The van der Waals surface area contributed by atoms with E-state index in [4.69, 9.17) is 21.1 Å². The summed E-state index contributed by atoms with van der Waals surface area (Å²) in [5.74, 6) is 1.20. The Balaban J connectivity index is 1.94. The fraction of sp³-hybridized carbons (Fsp3) is 0.167. The maximum absolute atomic E-state index is 11.0. The molecule has 0 spiro atoms. The number of aromatic nitrogens is 2. The Morgan fingerprint density at radius 1 is 1.24 bits per heavy atom. The maximum Gasteiger partial charge on any atom is 0.348 e. The summed E-state index contributed by atoms with van der Waals surface area (Å²) in [5, 5.41) is 13.6. The van der Waals surface area contributed by atoms with Crippen LogP contribution in [0, 0.1) is 10.1 Å². The van der Waals surface area contributed by atoms with Gasteiger partial charge in [-0.3, -0.25) is 10.1 Å². The summed E-state index contributed by atoms with van der Waals surface area (Å²) in [5.41, 5.74) is 0.186. The van der Waals surface area contributed by atoms with Crippen LogP contribution in [0.2, 0.25) is 5.15 Å². The van der Waals surface area contributed by atoms with E-state index in [0.717, 1.165) is 6.33 Å². The predicted octanol–water partition coefficient (Wildman–Crippen LogP) is 2.55. The molecule has 108 valence electrons. The molecule has 0 aliphatic carbocycles. The van der Waals surface area contributed by atoms with Crippen molar-refractivity contribution in [2.75, 3.05) is 18.5 Å². The Bertz CT molecular complexity index is 710. The number of fused-ring (bicyclic) bond motifs is 1. The van der Waals surface area contributed by atoms with E-state index in [1.165, 1.54) is 0 Å². The molecule has 8 nitrogen and oxygen atoms in total. The van der Waals surface area contributed by atoms with E-state index in [2.05, 4.69) is 15.3 Å². The van der Waals surface area contributed by atoms with Gasteiger partial charge in [-0.25, -0.2) is 9.97 Å². The van der Waals surface area contributed by atoms with E-state index in [1.54, 1.807) is 18.2 Å². The van der Waals surface area contributed by atoms with Crippen LogP contribution in [0.5, 0.6) is 11.5 Å². The highest BCUT2D eigenvalue weighted by Gasteiger charge is 2.22. The van der Waals surface area contributed by atoms with Crippen molar-refractivity contribution in [1.29, 1.82) is 0 Å². The topological polar surface area (TPSA) is 99.4 Å². The molecule has 0 saturated heterocycles. The van der Waals surface area contributed by atoms with E-state index in [1.807, 2.05) is 0 Å². The molecule has 0 unspecified atom stereocenters. The van der Waals surface area contributed by atoms with Crippen molar-refractivity contribution in [2.45, 2.75) is 0 Å². The first-order valence-corrected chi connectivity index (χ1v) is 6.34. The highest BCUT2D eigenvalue weighted by Crippen LogP contribution is 2.35. The molecule has 0 atom stereocenters. The summed E-state index contributed by atoms with van der Waals surface area (Å²) in [6, 6.07) is 5.09. The molecule has 21 heavy (non-hydrogen) atoms. The second-order valence-corrected chi connectivity index (χ2v) is 4.46. The quantitative estimate of drug-likeness (QED) is 0.528. The van der Waals surface area contributed by atoms with Gasteiger partial charge in [0.15, 0.2) is 11.5 Å². The van der Waals surface area contributed by atoms with Crippen LogP contribution in [0.1, 0.15) is 0 Å². The zero-order valence-corrected chi connectivity index (χ0v) is 11.3. The van der Waals surface area contributed by atoms with Gasteiger partial charge in [0.25, 0.3) is 0 Å². The molecule has 0 bridgehead atoms. The van der Waals surface area contributed by atoms with Crippen LogP contribution >= 0.6 is 11.6 Å². The minimum Gasteiger partial charge on any atom is -0.486 e. The largest absolute Gasteiger partial charge is 0.486 e. The van der Waals surface area contributed by atoms with Crippen molar-refractivity contribution in [2.24, 2.45) is 0 Å². The number of hydrogen-bond acceptors (Lipinski definition) is 7. The number of benzene rings is 1. The van der Waals surface area contributed by atoms with Gasteiger partial charge < -0.3 is 14.8 Å². The van der Waals surface area contributed by atoms with Gasteiger partial charge in [0.05, 0.1) is 4.92 Å². The lowest BCUT2D eigenvalue weighted by Crippen LogP contribution is -2.15. The number of halogens is 1. The van der Waals surface area contributed by atoms with E-state index < -0.39 is 4.92 Å². The minimum atomic E-state index is -0.636. The molecule has 1 N–H and O–H groups in total. The van der Waals surface area contributed by atoms with E-state index in [0.29, 0.717) is 30.4 Å². The van der Waals surface area contributed by atoms with E-state index in [9.17, 15) is 10.1 Å². The monoisotopic (exact) mass is 308 g/mol. The zero-order chi connectivity index (χ0) is 14.8. The SMILES string of the molecule is O=[N+]([O-])c1c(Cl)ncnc1Nc1ccc2c(c1)OCCO2. The average molecular weight is 309 g/mol. The highest BCUT2D eigenvalue weighted by molar-refractivity contribution is 6.31. The van der Waals surface area contributed by atoms with Crippen molar-refractivity contribution in [3.05, 3.63) is 39.8 Å². The molecule has 9 heteroatoms. The molecule has 1 aromatic heterocycles. The molecule has 0 fully saturated rings. The zero-order valence-electron chi connectivity index (χ0n) is 10.6. The van der Waals surface area contributed by atoms with Crippen molar-refractivity contribution >= 4 is 28.8 Å². The van der Waals surface area contributed by atoms with Crippen molar-refractivity contribution in [1.82, 2.24) is 9.97 Å². The molecule has 1 aromatic carbocycles. The molecular weight excluding hydrogens is 300 g/mol. The lowest BCUT2D eigenvalue weighted by molar-refractivity contribution is -0.384. The fourth-order valence-corrected chi connectivity index (χ4v) is 2.07. The first kappa shape index (κ1) is 13.4. The van der Waals surface area contributed by atoms with Crippen LogP contribution in [0.4, 0.5) is 17.2 Å². The standard InChI is InChI=1S/C12H9ClN4O4/c13-11-10(17(18)19)12(15-6-14-11)16-7-1-2-8-9(5-7)21-4-3-20-8/h1-2,5-6H,3-4H2,(H,14,15,16). The summed E-state index contributed by atoms with van der Waals surface area (Å²) >= 11 is 5.73. The molecule has 0 saturated carbocycles. The number of ether oxygens (including phenoxy) is 2. The van der Waals surface area contributed by atoms with Gasteiger partial charge in [0, 0.05) is 11.8 Å². The van der Waals surface area contributed by atoms with Crippen LogP contribution in [0.3, 0.4) is 0 Å². The van der Waals surface area contributed by atoms with Gasteiger partial charge in [-0.05, 0) is 12.1 Å². The molecule has 3 rings (SSSR count). The Morgan fingerprint density at radius 2 is 2.00 bits per heavy atom. The molecule has 2 aromatic rings. The Kier molecular flexibility index (Phi) is 3.44. The highest BCUT2D eigenvalue weighted by atomic mass is 35.5. The predicted molar refractivity (Wildman–Crippen MR) is 74.4 cm³/mol. The summed E-state index contributed by atoms with van der Waals surface area (Å²) in [7, 11) is 0. The van der Waals surface area contributed by atoms with Gasteiger partial charge in [-0.2, -0.15) is 0 Å². The van der Waals surface area contributed by atoms with Crippen molar-refractivity contribution < 1.29 is 14.4 Å². The van der Waals surface area contributed by atoms with Gasteiger partial charge in [0.2, 0.25) is 11.0 Å². The Hall–Kier alpha value is -2.61. The number of anilines is 2. The minimum absolute atomic E-state index is 0.0108. The second kappa shape index (κ2) is 5.41. The number of rotatable bonds is 3. The summed E-state index contributed by atoms with van der Waals surface area (Å²) in [6.07, 6.45) is 1.15. The smallest absolute Gasteiger partial charge is 0.348 e. The van der Waals surface area contributed by atoms with Crippen molar-refractivity contribution in [3.8, 4) is 11.5 Å². The first-order valence-electron chi connectivity index (χ1n) is 5.96. The molecule has 0 radical (unpaired) electrons. The third-order valence-electron chi connectivity index (χ3n) is 2.77. The van der Waals surface area contributed by atoms with Crippen LogP contribution in [-0.2, 0) is 0 Å². The van der Waals surface area contributed by atoms with Crippen LogP contribution in [0.15, 0.2) is 24.5 Å². The van der Waals surface area contributed by atoms with Crippen LogP contribution in [0.25, 0.3) is 0 Å². The second-order valence-electron chi connectivity index (χ2n) is 4.10. The van der Waals surface area contributed by atoms with Gasteiger partial charge in [-0.15, -0.1) is 0 Å². The molecule has 1 aliphatic heterocycles. The maximum atomic E-state index is 11.0. The Labute approximate surface area is 123 Å². The van der Waals surface area contributed by atoms with Crippen molar-refractivity contribution in [3.63, 3.8) is 0 Å². The van der Waals surface area contributed by atoms with Crippen LogP contribution < -0.4 is 14.8 Å². The van der Waals surface area contributed by atoms with E-state index in [-0.39, 0.29) is 16.7 Å². The number of nitrogens with zero attached hydrogens (tertiary/aromatic N) is 3. The molecular formula is C12H9ClN4O4.